The van der Waals surface area contributed by atoms with Crippen LogP contribution in [-0.4, -0.2) is 33.5 Å². The second kappa shape index (κ2) is 10.8. The normalized spacial score (nSPS) is 11.2. The van der Waals surface area contributed by atoms with E-state index >= 15 is 0 Å². The number of carboxylic acids is 1. The number of rotatable bonds is 7. The number of halogens is 4. The third-order valence-electron chi connectivity index (χ3n) is 4.68. The van der Waals surface area contributed by atoms with Crippen molar-refractivity contribution in [3.8, 4) is 22.8 Å². The number of fused-ring (bicyclic) bond motifs is 1. The molecule has 170 valence electrons. The second-order valence-corrected chi connectivity index (χ2v) is 6.80. The fourth-order valence-corrected chi connectivity index (χ4v) is 3.37. The number of carbonyl (C=O) groups is 1. The van der Waals surface area contributed by atoms with E-state index in [0.717, 1.165) is 12.1 Å². The summed E-state index contributed by atoms with van der Waals surface area (Å²) in [5.74, 6) is -2.25. The minimum Gasteiger partial charge on any atom is -0.543 e. The molecule has 4 rings (SSSR count). The third-order valence-corrected chi connectivity index (χ3v) is 4.68. The Morgan fingerprint density at radius 2 is 1.68 bits per heavy atom. The van der Waals surface area contributed by atoms with Crippen molar-refractivity contribution in [1.82, 2.24) is 14.5 Å². The summed E-state index contributed by atoms with van der Waals surface area (Å²) in [6.45, 7) is 0.0901. The van der Waals surface area contributed by atoms with Crippen molar-refractivity contribution in [2.24, 2.45) is 0 Å². The summed E-state index contributed by atoms with van der Waals surface area (Å²) >= 11 is 0. The monoisotopic (exact) mass is 499 g/mol. The van der Waals surface area contributed by atoms with Crippen LogP contribution < -0.4 is 66.0 Å². The Labute approximate surface area is 232 Å². The summed E-state index contributed by atoms with van der Waals surface area (Å²) in [6, 6.07) is 10.5. The van der Waals surface area contributed by atoms with E-state index in [1.54, 1.807) is 12.1 Å². The minimum absolute atomic E-state index is 0. The van der Waals surface area contributed by atoms with Crippen molar-refractivity contribution in [1.29, 1.82) is 0 Å². The van der Waals surface area contributed by atoms with E-state index < -0.39 is 24.0 Å². The number of hydrogen-bond acceptors (Lipinski definition) is 6. The first kappa shape index (κ1) is 26.1. The average molecular weight is 499 g/mol. The zero-order valence-electron chi connectivity index (χ0n) is 17.7. The maximum atomic E-state index is 13.6. The molecule has 4 aromatic rings. The number of pyridine rings is 2. The van der Waals surface area contributed by atoms with Gasteiger partial charge >= 0.3 is 57.7 Å². The number of benzene rings is 1. The third kappa shape index (κ3) is 6.13. The van der Waals surface area contributed by atoms with Gasteiger partial charge < -0.3 is 23.9 Å². The maximum absolute atomic E-state index is 13.6. The number of carbonyl (C=O) groups excluding carboxylic acids is 1. The van der Waals surface area contributed by atoms with Crippen LogP contribution in [0, 0.1) is 5.95 Å². The van der Waals surface area contributed by atoms with E-state index in [2.05, 4.69) is 14.7 Å². The van der Waals surface area contributed by atoms with Crippen LogP contribution in [-0.2, 0) is 6.54 Å². The Kier molecular flexibility index (Phi) is 8.31. The molecule has 0 radical (unpaired) electrons. The molecular weight excluding hydrogens is 485 g/mol. The molecule has 7 nitrogen and oxygen atoms in total. The topological polar surface area (TPSA) is 89.3 Å². The van der Waals surface area contributed by atoms with Crippen molar-refractivity contribution >= 4 is 16.9 Å². The van der Waals surface area contributed by atoms with Gasteiger partial charge in [-0.2, -0.15) is 4.39 Å². The van der Waals surface area contributed by atoms with Crippen LogP contribution >= 0.6 is 0 Å². The minimum atomic E-state index is -4.80. The number of aromatic carboxylic acids is 1. The molecule has 3 heterocycles. The van der Waals surface area contributed by atoms with E-state index in [1.807, 2.05) is 0 Å². The number of carboxylic acid groups (broad SMARTS) is 1. The SMILES string of the molecule is O=C([O-])c1cc2c(-c3ccnc(F)c3)nccc2n1CCOc1ccc(OC(F)(F)F)cc1.[K+]. The molecule has 12 heteroatoms. The molecule has 0 aliphatic rings. The quantitative estimate of drug-likeness (QED) is 0.210. The van der Waals surface area contributed by atoms with Crippen molar-refractivity contribution in [2.75, 3.05) is 6.61 Å². The second-order valence-electron chi connectivity index (χ2n) is 6.80. The Morgan fingerprint density at radius 1 is 1.00 bits per heavy atom. The summed E-state index contributed by atoms with van der Waals surface area (Å²) in [6.07, 6.45) is -2.05. The van der Waals surface area contributed by atoms with Crippen molar-refractivity contribution in [2.45, 2.75) is 12.9 Å². The first-order chi connectivity index (χ1) is 15.7. The summed E-state index contributed by atoms with van der Waals surface area (Å²) in [5.41, 5.74) is 1.17. The smallest absolute Gasteiger partial charge is 0.543 e. The van der Waals surface area contributed by atoms with E-state index in [1.165, 1.54) is 41.2 Å². The molecule has 0 saturated carbocycles. The first-order valence-corrected chi connectivity index (χ1v) is 9.51. The maximum Gasteiger partial charge on any atom is 1.00 e. The van der Waals surface area contributed by atoms with Gasteiger partial charge in [0.2, 0.25) is 5.95 Å². The number of nitrogens with zero attached hydrogens (tertiary/aromatic N) is 3. The Hall–Kier alpha value is -2.51. The molecule has 34 heavy (non-hydrogen) atoms. The zero-order valence-corrected chi connectivity index (χ0v) is 20.8. The van der Waals surface area contributed by atoms with E-state index in [0.29, 0.717) is 22.2 Å². The number of alkyl halides is 3. The fraction of sp³-hybridized carbons (Fsp3) is 0.136. The summed E-state index contributed by atoms with van der Waals surface area (Å²) in [5, 5.41) is 12.2. The number of hydrogen-bond donors (Lipinski definition) is 0. The van der Waals surface area contributed by atoms with Gasteiger partial charge in [-0.05, 0) is 42.5 Å². The van der Waals surface area contributed by atoms with Gasteiger partial charge in [-0.15, -0.1) is 13.2 Å². The Morgan fingerprint density at radius 3 is 2.32 bits per heavy atom. The van der Waals surface area contributed by atoms with Gasteiger partial charge in [0.25, 0.3) is 0 Å². The van der Waals surface area contributed by atoms with E-state index in [4.69, 9.17) is 4.74 Å². The molecule has 0 bridgehead atoms. The van der Waals surface area contributed by atoms with Gasteiger partial charge in [0, 0.05) is 29.4 Å². The molecular formula is C22H14F4KN3O4. The molecule has 1 aromatic carbocycles. The molecule has 0 aliphatic carbocycles. The average Bonchev–Trinajstić information content (AvgIpc) is 3.13. The molecule has 0 unspecified atom stereocenters. The van der Waals surface area contributed by atoms with Crippen molar-refractivity contribution in [3.63, 3.8) is 0 Å². The molecule has 0 N–H and O–H groups in total. The Bertz CT molecular complexity index is 1310. The molecule has 0 atom stereocenters. The summed E-state index contributed by atoms with van der Waals surface area (Å²) in [7, 11) is 0. The number of ether oxygens (including phenoxy) is 2. The molecule has 0 aliphatic heterocycles. The first-order valence-electron chi connectivity index (χ1n) is 9.51. The van der Waals surface area contributed by atoms with Gasteiger partial charge in [0.05, 0.1) is 29.4 Å². The van der Waals surface area contributed by atoms with Crippen LogP contribution in [0.2, 0.25) is 0 Å². The molecule has 0 fully saturated rings. The predicted octanol–water partition coefficient (Wildman–Crippen LogP) is 0.582. The van der Waals surface area contributed by atoms with Gasteiger partial charge in [-0.1, -0.05) is 0 Å². The van der Waals surface area contributed by atoms with Crippen LogP contribution in [0.15, 0.2) is 60.9 Å². The van der Waals surface area contributed by atoms with E-state index in [9.17, 15) is 27.5 Å². The van der Waals surface area contributed by atoms with Crippen LogP contribution in [0.25, 0.3) is 22.2 Å². The predicted molar refractivity (Wildman–Crippen MR) is 106 cm³/mol. The van der Waals surface area contributed by atoms with Gasteiger partial charge in [0.1, 0.15) is 18.1 Å². The van der Waals surface area contributed by atoms with Gasteiger partial charge in [-0.25, -0.2) is 4.98 Å². The van der Waals surface area contributed by atoms with Gasteiger partial charge in [-0.3, -0.25) is 4.98 Å². The van der Waals surface area contributed by atoms with Crippen LogP contribution in [0.1, 0.15) is 10.5 Å². The Balaban J connectivity index is 0.00000324. The van der Waals surface area contributed by atoms with Crippen molar-refractivity contribution in [3.05, 3.63) is 72.6 Å². The molecule has 0 amide bonds. The largest absolute Gasteiger partial charge is 1.00 e. The zero-order chi connectivity index (χ0) is 23.6. The molecule has 0 spiro atoms. The summed E-state index contributed by atoms with van der Waals surface area (Å²) in [4.78, 5) is 19.5. The number of aromatic nitrogens is 3. The standard InChI is InChI=1S/C22H15F4N3O4.K/c23-19-11-13(5-7-27-19)20-16-12-18(21(30)31)29(17(16)6-8-28-20)9-10-32-14-1-3-15(4-2-14)33-22(24,25)26;/h1-8,11-12H,9-10H2,(H,30,31);/q;+1/p-1. The van der Waals surface area contributed by atoms with Crippen LogP contribution in [0.4, 0.5) is 17.6 Å². The van der Waals surface area contributed by atoms with Crippen LogP contribution in [0.5, 0.6) is 11.5 Å². The van der Waals surface area contributed by atoms with Gasteiger partial charge in [0.15, 0.2) is 0 Å². The fourth-order valence-electron chi connectivity index (χ4n) is 3.37. The van der Waals surface area contributed by atoms with E-state index in [-0.39, 0.29) is 76.0 Å². The summed E-state index contributed by atoms with van der Waals surface area (Å²) < 4.78 is 61.1. The van der Waals surface area contributed by atoms with Crippen molar-refractivity contribution < 1.29 is 88.3 Å². The molecule has 3 aromatic heterocycles. The molecule has 0 saturated heterocycles. The van der Waals surface area contributed by atoms with Crippen LogP contribution in [0.3, 0.4) is 0 Å².